The zero-order valence-electron chi connectivity index (χ0n) is 27.4. The molecule has 10 nitrogen and oxygen atoms in total. The number of ether oxygens (including phenoxy) is 3. The molecule has 0 bridgehead atoms. The summed E-state index contributed by atoms with van der Waals surface area (Å²) in [5.74, 6) is 6.67. The number of para-hydroxylation sites is 1. The lowest BCUT2D eigenvalue weighted by atomic mass is 9.96. The third-order valence-corrected chi connectivity index (χ3v) is 7.37. The Morgan fingerprint density at radius 3 is 2.18 bits per heavy atom. The number of anilines is 1. The van der Waals surface area contributed by atoms with Crippen LogP contribution in [-0.2, 0) is 25.4 Å². The Balaban J connectivity index is 1.88. The van der Waals surface area contributed by atoms with E-state index in [1.807, 2.05) is 62.5 Å². The maximum Gasteiger partial charge on any atom is 0.211 e. The first-order valence-corrected chi connectivity index (χ1v) is 15.7. The number of nitrogens with one attached hydrogen (secondary N) is 2. The minimum absolute atomic E-state index is 0.385. The van der Waals surface area contributed by atoms with Gasteiger partial charge in [0.25, 0.3) is 0 Å². The molecule has 2 aromatic rings. The van der Waals surface area contributed by atoms with E-state index in [1.54, 1.807) is 5.01 Å². The third-order valence-electron chi connectivity index (χ3n) is 7.37. The number of allylic oxidation sites excluding steroid dienone is 2. The summed E-state index contributed by atoms with van der Waals surface area (Å²) >= 11 is 0. The second-order valence-corrected chi connectivity index (χ2v) is 10.6. The van der Waals surface area contributed by atoms with Gasteiger partial charge in [0.1, 0.15) is 0 Å². The van der Waals surface area contributed by atoms with E-state index in [9.17, 15) is 4.79 Å². The highest BCUT2D eigenvalue weighted by molar-refractivity contribution is 5.94. The Bertz CT molecular complexity index is 1200. The summed E-state index contributed by atoms with van der Waals surface area (Å²) in [4.78, 5) is 13.5. The van der Waals surface area contributed by atoms with E-state index < -0.39 is 0 Å². The van der Waals surface area contributed by atoms with E-state index in [2.05, 4.69) is 41.3 Å². The molecule has 0 aliphatic heterocycles. The lowest BCUT2D eigenvalue weighted by molar-refractivity contribution is -0.105. The molecule has 10 heteroatoms. The molecule has 0 radical (unpaired) electrons. The summed E-state index contributed by atoms with van der Waals surface area (Å²) < 4.78 is 17.2. The summed E-state index contributed by atoms with van der Waals surface area (Å²) in [5.41, 5.74) is 12.6. The molecule has 0 unspecified atom stereocenters. The fraction of sp³-hybridized carbons (Fsp3) is 0.457. The van der Waals surface area contributed by atoms with Crippen LogP contribution in [0.15, 0.2) is 72.8 Å². The number of carbonyl (C=O) groups is 1. The van der Waals surface area contributed by atoms with Crippen LogP contribution in [0, 0.1) is 0 Å². The van der Waals surface area contributed by atoms with Crippen molar-refractivity contribution in [3.8, 4) is 0 Å². The van der Waals surface area contributed by atoms with Crippen molar-refractivity contribution in [2.75, 3.05) is 85.2 Å². The van der Waals surface area contributed by atoms with Crippen molar-refractivity contribution in [2.24, 2.45) is 11.6 Å². The van der Waals surface area contributed by atoms with Crippen LogP contribution in [0.4, 0.5) is 5.69 Å². The number of nitrogens with zero attached hydrogens (tertiary/aromatic N) is 2. The van der Waals surface area contributed by atoms with Gasteiger partial charge in [0.05, 0.1) is 57.6 Å². The summed E-state index contributed by atoms with van der Waals surface area (Å²) in [6.45, 7) is 12.0. The first kappa shape index (κ1) is 37.7. The van der Waals surface area contributed by atoms with E-state index in [0.29, 0.717) is 75.2 Å². The summed E-state index contributed by atoms with van der Waals surface area (Å²) in [6.07, 6.45) is 7.46. The van der Waals surface area contributed by atoms with Crippen molar-refractivity contribution in [1.82, 2.24) is 15.2 Å². The van der Waals surface area contributed by atoms with Crippen LogP contribution in [0.3, 0.4) is 0 Å². The molecule has 0 heterocycles. The minimum atomic E-state index is 0.385. The van der Waals surface area contributed by atoms with Gasteiger partial charge in [-0.25, -0.2) is 5.84 Å². The lowest BCUT2D eigenvalue weighted by Crippen LogP contribution is -2.35. The molecule has 1 amide bonds. The molecule has 0 atom stereocenters. The highest BCUT2D eigenvalue weighted by Gasteiger charge is 2.19. The van der Waals surface area contributed by atoms with Gasteiger partial charge in [-0.2, -0.15) is 0 Å². The van der Waals surface area contributed by atoms with Gasteiger partial charge in [-0.1, -0.05) is 66.8 Å². The first-order chi connectivity index (χ1) is 22.0. The van der Waals surface area contributed by atoms with Gasteiger partial charge in [-0.15, -0.1) is 0 Å². The number of amides is 1. The number of nitrogens with two attached hydrogens (primary N) is 2. The third kappa shape index (κ3) is 14.0. The van der Waals surface area contributed by atoms with Crippen molar-refractivity contribution in [3.63, 3.8) is 0 Å². The number of carbonyl (C=O) groups excluding carboxylic acids is 1. The molecule has 0 spiro atoms. The zero-order valence-corrected chi connectivity index (χ0v) is 27.4. The predicted octanol–water partition coefficient (Wildman–Crippen LogP) is 3.87. The molecule has 0 saturated heterocycles. The zero-order chi connectivity index (χ0) is 32.7. The molecular formula is C35H54N6O4. The molecule has 0 aromatic heterocycles. The maximum absolute atomic E-state index is 11.3. The van der Waals surface area contributed by atoms with Crippen molar-refractivity contribution >= 4 is 23.5 Å². The number of rotatable bonds is 25. The molecule has 45 heavy (non-hydrogen) atoms. The predicted molar refractivity (Wildman–Crippen MR) is 185 cm³/mol. The van der Waals surface area contributed by atoms with Gasteiger partial charge < -0.3 is 40.5 Å². The van der Waals surface area contributed by atoms with Crippen LogP contribution in [0.1, 0.15) is 36.5 Å². The molecule has 0 saturated carbocycles. The maximum atomic E-state index is 11.3. The number of hydrogen-bond donors (Lipinski definition) is 4. The van der Waals surface area contributed by atoms with Crippen LogP contribution < -0.4 is 22.2 Å². The van der Waals surface area contributed by atoms with Crippen molar-refractivity contribution in [3.05, 3.63) is 89.5 Å². The van der Waals surface area contributed by atoms with Gasteiger partial charge in [0, 0.05) is 29.9 Å². The van der Waals surface area contributed by atoms with E-state index in [-0.39, 0.29) is 0 Å². The van der Waals surface area contributed by atoms with E-state index in [1.165, 1.54) is 5.57 Å². The average Bonchev–Trinajstić information content (AvgIpc) is 3.05. The monoisotopic (exact) mass is 622 g/mol. The van der Waals surface area contributed by atoms with Crippen LogP contribution in [0.5, 0.6) is 0 Å². The number of hydrogen-bond acceptors (Lipinski definition) is 9. The molecule has 6 N–H and O–H groups in total. The second kappa shape index (κ2) is 22.9. The molecule has 0 aliphatic carbocycles. The van der Waals surface area contributed by atoms with Gasteiger partial charge >= 0.3 is 0 Å². The number of benzene rings is 2. The van der Waals surface area contributed by atoms with Crippen LogP contribution >= 0.6 is 0 Å². The average molecular weight is 623 g/mol. The standard InChI is InChI=1S/C35H54N6O4/c1-5-29(6-2)17-19-40(4)20-22-43-24-26-45-27-25-44-23-21-41(37)35(31-14-8-7-12-30(31)13-11-18-38-3)34(36)32-15-9-10-16-33(32)39-28-42/h5-10,12,14-16,28,38H,1,11,13,17-27,36-37H2,2-4H3,(H,39,42)/b29-6+,35-34-. The van der Waals surface area contributed by atoms with Crippen molar-refractivity contribution < 1.29 is 19.0 Å². The Labute approximate surface area is 270 Å². The smallest absolute Gasteiger partial charge is 0.211 e. The van der Waals surface area contributed by atoms with Crippen LogP contribution in [0.25, 0.3) is 11.4 Å². The number of aryl methyl sites for hydroxylation is 1. The summed E-state index contributed by atoms with van der Waals surface area (Å²) in [6, 6.07) is 15.5. The van der Waals surface area contributed by atoms with E-state index >= 15 is 0 Å². The molecule has 2 aromatic carbocycles. The summed E-state index contributed by atoms with van der Waals surface area (Å²) in [7, 11) is 4.04. The SMILES string of the molecule is C=C/C(=C\C)CCN(C)CCOCCOCCOCCN(N)/C(=C(\N)c1ccccc1NC=O)c1ccccc1CCCNC. The van der Waals surface area contributed by atoms with Crippen LogP contribution in [0.2, 0.25) is 0 Å². The summed E-state index contributed by atoms with van der Waals surface area (Å²) in [5, 5.41) is 7.58. The normalized spacial score (nSPS) is 12.2. The van der Waals surface area contributed by atoms with E-state index in [4.69, 9.17) is 25.8 Å². The fourth-order valence-corrected chi connectivity index (χ4v) is 4.75. The minimum Gasteiger partial charge on any atom is -0.396 e. The highest BCUT2D eigenvalue weighted by Crippen LogP contribution is 2.31. The topological polar surface area (TPSA) is 127 Å². The first-order valence-electron chi connectivity index (χ1n) is 15.7. The quantitative estimate of drug-likeness (QED) is 0.0326. The Morgan fingerprint density at radius 2 is 1.53 bits per heavy atom. The van der Waals surface area contributed by atoms with Crippen molar-refractivity contribution in [1.29, 1.82) is 0 Å². The molecule has 0 aliphatic rings. The molecular weight excluding hydrogens is 568 g/mol. The Hall–Kier alpha value is -3.51. The van der Waals surface area contributed by atoms with Gasteiger partial charge in [-0.3, -0.25) is 4.79 Å². The fourth-order valence-electron chi connectivity index (χ4n) is 4.75. The van der Waals surface area contributed by atoms with Crippen LogP contribution in [-0.4, -0.2) is 96.2 Å². The molecule has 248 valence electrons. The van der Waals surface area contributed by atoms with Gasteiger partial charge in [-0.05, 0) is 58.5 Å². The van der Waals surface area contributed by atoms with Gasteiger partial charge in [0.15, 0.2) is 0 Å². The van der Waals surface area contributed by atoms with Gasteiger partial charge in [0.2, 0.25) is 6.41 Å². The number of likely N-dealkylation sites (N-methyl/N-ethyl adjacent to an activating group) is 1. The lowest BCUT2D eigenvalue weighted by Gasteiger charge is -2.27. The van der Waals surface area contributed by atoms with Crippen molar-refractivity contribution in [2.45, 2.75) is 26.2 Å². The Kier molecular flexibility index (Phi) is 19.2. The molecule has 0 fully saturated rings. The van der Waals surface area contributed by atoms with E-state index in [0.717, 1.165) is 50.0 Å². The second-order valence-electron chi connectivity index (χ2n) is 10.6. The number of hydrazine groups is 1. The Morgan fingerprint density at radius 1 is 0.911 bits per heavy atom. The highest BCUT2D eigenvalue weighted by atomic mass is 16.5. The molecule has 2 rings (SSSR count). The largest absolute Gasteiger partial charge is 0.396 e.